The highest BCUT2D eigenvalue weighted by Crippen LogP contribution is 2.55. The molecule has 6 fully saturated rings. The Balaban J connectivity index is 1.14. The summed E-state index contributed by atoms with van der Waals surface area (Å²) in [5.41, 5.74) is 10.4. The Morgan fingerprint density at radius 1 is 0.980 bits per heavy atom. The van der Waals surface area contributed by atoms with Gasteiger partial charge in [0.1, 0.15) is 11.8 Å². The van der Waals surface area contributed by atoms with E-state index in [9.17, 15) is 14.4 Å². The van der Waals surface area contributed by atoms with Crippen LogP contribution in [0.25, 0.3) is 0 Å². The average Bonchev–Trinajstić information content (AvgIpc) is 3.49. The molecule has 12 heteroatoms. The van der Waals surface area contributed by atoms with E-state index in [4.69, 9.17) is 20.9 Å². The molecule has 7 aliphatic rings. The van der Waals surface area contributed by atoms with Gasteiger partial charge in [0.25, 0.3) is 5.91 Å². The highest BCUT2D eigenvalue weighted by molar-refractivity contribution is 6.20. The highest BCUT2D eigenvalue weighted by Gasteiger charge is 2.62. The van der Waals surface area contributed by atoms with Gasteiger partial charge in [0, 0.05) is 43.7 Å². The number of halogens is 1. The van der Waals surface area contributed by atoms with Crippen LogP contribution in [-0.4, -0.2) is 95.3 Å². The summed E-state index contributed by atoms with van der Waals surface area (Å²) >= 11 is 0. The lowest BCUT2D eigenvalue weighted by Gasteiger charge is -2.61. The molecule has 4 saturated carbocycles. The zero-order valence-corrected chi connectivity index (χ0v) is 30.2. The minimum Gasteiger partial charge on any atom is -0.444 e. The number of Topliss-reactive ketones (excluding diaryl/α,β-unsaturated/α-hetero) is 1. The highest BCUT2D eigenvalue weighted by atomic mass is 19.1. The zero-order chi connectivity index (χ0) is 35.3. The Morgan fingerprint density at radius 2 is 1.70 bits per heavy atom. The molecule has 3 aliphatic heterocycles. The Kier molecular flexibility index (Phi) is 10.1. The molecule has 7 rings (SSSR count). The predicted molar refractivity (Wildman–Crippen MR) is 187 cm³/mol. The molecular formula is C38H59FN6O5. The number of nitrogens with two attached hydrogens (primary N) is 2. The van der Waals surface area contributed by atoms with Crippen LogP contribution >= 0.6 is 0 Å². The van der Waals surface area contributed by atoms with Crippen molar-refractivity contribution in [3.8, 4) is 0 Å². The van der Waals surface area contributed by atoms with Crippen molar-refractivity contribution in [2.45, 2.75) is 146 Å². The zero-order valence-electron chi connectivity index (χ0n) is 30.2. The van der Waals surface area contributed by atoms with Gasteiger partial charge in [-0.25, -0.2) is 9.18 Å². The van der Waals surface area contributed by atoms with Crippen molar-refractivity contribution >= 4 is 23.7 Å². The van der Waals surface area contributed by atoms with E-state index in [0.29, 0.717) is 50.2 Å². The number of guanidine groups is 1. The number of ether oxygens (including phenoxy) is 2. The second-order valence-electron chi connectivity index (χ2n) is 17.4. The number of likely N-dealkylation sites (tertiary alicyclic amines) is 1. The molecule has 11 nitrogen and oxygen atoms in total. The van der Waals surface area contributed by atoms with Crippen LogP contribution in [0.3, 0.4) is 0 Å². The molecule has 0 spiro atoms. The molecule has 50 heavy (non-hydrogen) atoms. The lowest BCUT2D eigenvalue weighted by Crippen LogP contribution is -2.71. The monoisotopic (exact) mass is 698 g/mol. The molecule has 12 unspecified atom stereocenters. The number of morpholine rings is 1. The molecule has 2 saturated heterocycles. The second kappa shape index (κ2) is 14.3. The fraction of sp³-hybridized carbons (Fsp3) is 0.842. The van der Waals surface area contributed by atoms with Gasteiger partial charge in [0.2, 0.25) is 0 Å². The summed E-state index contributed by atoms with van der Waals surface area (Å²) in [5.74, 6) is -0.0408. The van der Waals surface area contributed by atoms with Crippen LogP contribution in [0.2, 0.25) is 0 Å². The Bertz CT molecular complexity index is 1360. The van der Waals surface area contributed by atoms with Crippen LogP contribution in [0.1, 0.15) is 104 Å². The summed E-state index contributed by atoms with van der Waals surface area (Å²) < 4.78 is 29.8. The van der Waals surface area contributed by atoms with Gasteiger partial charge in [-0.1, -0.05) is 25.7 Å². The minimum absolute atomic E-state index is 0.0290. The van der Waals surface area contributed by atoms with Gasteiger partial charge in [0.05, 0.1) is 29.9 Å². The molecule has 5 N–H and O–H groups in total. The van der Waals surface area contributed by atoms with E-state index in [1.165, 1.54) is 25.7 Å². The summed E-state index contributed by atoms with van der Waals surface area (Å²) in [6.07, 6.45) is 11.7. The number of fused-ring (bicyclic) bond motifs is 4. The second-order valence-corrected chi connectivity index (χ2v) is 17.4. The number of amides is 2. The number of rotatable bonds is 7. The quantitative estimate of drug-likeness (QED) is 0.153. The first kappa shape index (κ1) is 35.5. The maximum absolute atomic E-state index is 16.9. The summed E-state index contributed by atoms with van der Waals surface area (Å²) in [6, 6.07) is -0.192. The first-order valence-corrected chi connectivity index (χ1v) is 19.6. The van der Waals surface area contributed by atoms with E-state index >= 15 is 4.39 Å². The molecule has 12 atom stereocenters. The largest absolute Gasteiger partial charge is 0.444 e. The standard InChI is InChI=1S/C38H59FN6O5/c1-38(2,3)50-37(48)44-14-8-11-23-15-24(17-28(23)44)31-27(39)19-25-32-34(31)49-30-18-22-10-5-4-9-21(22)16-29(30)45(32)20-26(33(25)46)35(47)42-12-6-7-13-43-36(40)41/h20-25,27-32,34H,4-19H2,1-3H3,(H,42,47)(H4,40,41,43). The van der Waals surface area contributed by atoms with Gasteiger partial charge in [-0.3, -0.25) is 14.6 Å². The molecule has 0 aromatic heterocycles. The smallest absolute Gasteiger partial charge is 0.410 e. The average molecular weight is 699 g/mol. The van der Waals surface area contributed by atoms with E-state index in [1.54, 1.807) is 0 Å². The fourth-order valence-electron chi connectivity index (χ4n) is 11.2. The first-order chi connectivity index (χ1) is 23.9. The van der Waals surface area contributed by atoms with Crippen molar-refractivity contribution in [1.82, 2.24) is 15.1 Å². The summed E-state index contributed by atoms with van der Waals surface area (Å²) in [6.45, 7) is 7.21. The van der Waals surface area contributed by atoms with Crippen molar-refractivity contribution < 1.29 is 28.2 Å². The summed E-state index contributed by atoms with van der Waals surface area (Å²) in [4.78, 5) is 49.3. The molecule has 0 radical (unpaired) electrons. The number of ketones is 1. The van der Waals surface area contributed by atoms with Gasteiger partial charge in [0.15, 0.2) is 11.7 Å². The molecule has 0 aromatic rings. The van der Waals surface area contributed by atoms with Gasteiger partial charge in [-0.2, -0.15) is 0 Å². The van der Waals surface area contributed by atoms with Crippen molar-refractivity contribution in [2.24, 2.45) is 52.0 Å². The lowest BCUT2D eigenvalue weighted by atomic mass is 9.62. The topological polar surface area (TPSA) is 153 Å². The number of alkyl halides is 1. The van der Waals surface area contributed by atoms with Crippen molar-refractivity contribution in [3.05, 3.63) is 11.8 Å². The molecule has 278 valence electrons. The third kappa shape index (κ3) is 6.98. The van der Waals surface area contributed by atoms with E-state index in [2.05, 4.69) is 15.2 Å². The number of nitrogens with zero attached hydrogens (tertiary/aromatic N) is 3. The molecule has 0 aromatic carbocycles. The van der Waals surface area contributed by atoms with Crippen LogP contribution in [0.5, 0.6) is 0 Å². The van der Waals surface area contributed by atoms with Gasteiger partial charge >= 0.3 is 6.09 Å². The minimum atomic E-state index is -1.23. The van der Waals surface area contributed by atoms with Crippen molar-refractivity contribution in [1.29, 1.82) is 0 Å². The Hall–Kier alpha value is -2.89. The maximum Gasteiger partial charge on any atom is 0.410 e. The third-order valence-electron chi connectivity index (χ3n) is 13.2. The van der Waals surface area contributed by atoms with Crippen LogP contribution in [0.4, 0.5) is 9.18 Å². The Labute approximate surface area is 296 Å². The fourth-order valence-corrected chi connectivity index (χ4v) is 11.2. The number of hydrogen-bond acceptors (Lipinski definition) is 7. The number of piperidine rings is 1. The predicted octanol–water partition coefficient (Wildman–Crippen LogP) is 4.43. The molecular weight excluding hydrogens is 639 g/mol. The number of unbranched alkanes of at least 4 members (excludes halogenated alkanes) is 1. The molecule has 3 heterocycles. The summed E-state index contributed by atoms with van der Waals surface area (Å²) in [5, 5.41) is 2.94. The van der Waals surface area contributed by atoms with Crippen LogP contribution in [-0.2, 0) is 19.1 Å². The number of carbonyl (C=O) groups excluding carboxylic acids is 3. The number of carbonyl (C=O) groups is 3. The van der Waals surface area contributed by atoms with E-state index in [-0.39, 0.29) is 71.8 Å². The van der Waals surface area contributed by atoms with E-state index in [0.717, 1.165) is 38.5 Å². The summed E-state index contributed by atoms with van der Waals surface area (Å²) in [7, 11) is 0. The lowest BCUT2D eigenvalue weighted by molar-refractivity contribution is -0.224. The molecule has 4 aliphatic carbocycles. The van der Waals surface area contributed by atoms with E-state index < -0.39 is 23.8 Å². The van der Waals surface area contributed by atoms with Crippen molar-refractivity contribution in [3.63, 3.8) is 0 Å². The maximum atomic E-state index is 16.9. The van der Waals surface area contributed by atoms with Crippen LogP contribution in [0.15, 0.2) is 16.8 Å². The Morgan fingerprint density at radius 3 is 2.44 bits per heavy atom. The molecule has 2 amide bonds. The third-order valence-corrected chi connectivity index (χ3v) is 13.2. The number of aliphatic imine (C=N–C) groups is 1. The number of nitrogens with one attached hydrogen (secondary N) is 1. The van der Waals surface area contributed by atoms with Crippen LogP contribution in [0, 0.1) is 35.5 Å². The van der Waals surface area contributed by atoms with Gasteiger partial charge < -0.3 is 36.1 Å². The van der Waals surface area contributed by atoms with Crippen LogP contribution < -0.4 is 16.8 Å². The normalized spacial score (nSPS) is 39.3. The SMILES string of the molecule is CC(C)(C)OC(=O)N1CCCC2CC(C3C(F)CC4C(=O)C(C(=O)NCCCCN=C(N)N)=CN5C6CC7CCCCC7CC6OC3C45)CC21. The first-order valence-electron chi connectivity index (χ1n) is 19.6. The molecule has 0 bridgehead atoms. The van der Waals surface area contributed by atoms with E-state index in [1.807, 2.05) is 31.9 Å². The number of hydrogen-bond donors (Lipinski definition) is 3. The van der Waals surface area contributed by atoms with Gasteiger partial charge in [-0.05, 0) is 102 Å². The van der Waals surface area contributed by atoms with Crippen molar-refractivity contribution in [2.75, 3.05) is 19.6 Å². The van der Waals surface area contributed by atoms with Gasteiger partial charge in [-0.15, -0.1) is 0 Å².